The largest absolute Gasteiger partial charge is 0.493 e. The summed E-state index contributed by atoms with van der Waals surface area (Å²) in [5, 5.41) is 7.23. The van der Waals surface area contributed by atoms with Gasteiger partial charge in [0, 0.05) is 18.6 Å². The highest BCUT2D eigenvalue weighted by molar-refractivity contribution is 14.0. The molecule has 0 spiro atoms. The summed E-state index contributed by atoms with van der Waals surface area (Å²) in [5.41, 5.74) is 1.09. The first-order chi connectivity index (χ1) is 12.1. The first-order valence-electron chi connectivity index (χ1n) is 8.11. The molecule has 0 heterocycles. The van der Waals surface area contributed by atoms with Crippen LogP contribution in [0.5, 0.6) is 11.5 Å². The van der Waals surface area contributed by atoms with Gasteiger partial charge in [-0.25, -0.2) is 0 Å². The standard InChI is InChI=1S/C19H24ClN3O2.HI/c1-14(25-18-10-5-4-9-17(18)24-3)12-22-19(21-2)23-13-15-7-6-8-16(20)11-15;/h4-11,14H,12-13H2,1-3H3,(H2,21,22,23);1H. The molecule has 0 amide bonds. The van der Waals surface area contributed by atoms with Crippen molar-refractivity contribution in [3.63, 3.8) is 0 Å². The molecule has 0 bridgehead atoms. The number of nitrogens with zero attached hydrogens (tertiary/aromatic N) is 1. The average molecular weight is 490 g/mol. The molecule has 0 fully saturated rings. The van der Waals surface area contributed by atoms with Crippen LogP contribution in [-0.4, -0.2) is 32.8 Å². The average Bonchev–Trinajstić information content (AvgIpc) is 2.62. The number of guanidine groups is 1. The molecule has 0 saturated heterocycles. The lowest BCUT2D eigenvalue weighted by molar-refractivity contribution is 0.213. The van der Waals surface area contributed by atoms with Crippen LogP contribution in [0.25, 0.3) is 0 Å². The Hall–Kier alpha value is -1.67. The molecule has 2 N–H and O–H groups in total. The van der Waals surface area contributed by atoms with Crippen LogP contribution in [0.15, 0.2) is 53.5 Å². The second-order valence-corrected chi connectivity index (χ2v) is 5.95. The van der Waals surface area contributed by atoms with E-state index in [1.165, 1.54) is 0 Å². The van der Waals surface area contributed by atoms with Crippen LogP contribution in [0.2, 0.25) is 5.02 Å². The first kappa shape index (κ1) is 22.4. The van der Waals surface area contributed by atoms with E-state index in [0.717, 1.165) is 22.1 Å². The van der Waals surface area contributed by atoms with Gasteiger partial charge in [-0.3, -0.25) is 4.99 Å². The number of halogens is 2. The van der Waals surface area contributed by atoms with Crippen LogP contribution in [-0.2, 0) is 6.54 Å². The summed E-state index contributed by atoms with van der Waals surface area (Å²) in [5.74, 6) is 2.15. The number of hydrogen-bond donors (Lipinski definition) is 2. The molecule has 2 aromatic carbocycles. The first-order valence-corrected chi connectivity index (χ1v) is 8.48. The Morgan fingerprint density at radius 2 is 1.85 bits per heavy atom. The van der Waals surface area contributed by atoms with Crippen LogP contribution < -0.4 is 20.1 Å². The molecule has 1 atom stereocenters. The fourth-order valence-electron chi connectivity index (χ4n) is 2.27. The van der Waals surface area contributed by atoms with E-state index >= 15 is 0 Å². The SMILES string of the molecule is CN=C(NCc1cccc(Cl)c1)NCC(C)Oc1ccccc1OC.I. The molecule has 0 aliphatic rings. The summed E-state index contributed by atoms with van der Waals surface area (Å²) in [4.78, 5) is 4.22. The van der Waals surface area contributed by atoms with E-state index in [4.69, 9.17) is 21.1 Å². The molecule has 0 aliphatic carbocycles. The highest BCUT2D eigenvalue weighted by atomic mass is 127. The van der Waals surface area contributed by atoms with Gasteiger partial charge in [-0.05, 0) is 36.8 Å². The molecule has 1 unspecified atom stereocenters. The Morgan fingerprint density at radius 3 is 2.50 bits per heavy atom. The van der Waals surface area contributed by atoms with Gasteiger partial charge in [-0.1, -0.05) is 35.9 Å². The third-order valence-corrected chi connectivity index (χ3v) is 3.76. The zero-order valence-electron chi connectivity index (χ0n) is 15.2. The quantitative estimate of drug-likeness (QED) is 0.349. The van der Waals surface area contributed by atoms with Crippen molar-refractivity contribution in [2.45, 2.75) is 19.6 Å². The van der Waals surface area contributed by atoms with Gasteiger partial charge in [0.2, 0.25) is 0 Å². The van der Waals surface area contributed by atoms with Crippen molar-refractivity contribution >= 4 is 41.5 Å². The van der Waals surface area contributed by atoms with Gasteiger partial charge >= 0.3 is 0 Å². The number of rotatable bonds is 7. The molecule has 0 radical (unpaired) electrons. The molecule has 2 rings (SSSR count). The number of hydrogen-bond acceptors (Lipinski definition) is 3. The van der Waals surface area contributed by atoms with Crippen LogP contribution >= 0.6 is 35.6 Å². The number of benzene rings is 2. The molecule has 5 nitrogen and oxygen atoms in total. The monoisotopic (exact) mass is 489 g/mol. The lowest BCUT2D eigenvalue weighted by Gasteiger charge is -2.19. The molecule has 0 aromatic heterocycles. The summed E-state index contributed by atoms with van der Waals surface area (Å²) in [6.07, 6.45) is -0.0546. The molecule has 26 heavy (non-hydrogen) atoms. The van der Waals surface area contributed by atoms with Crippen LogP contribution in [0.3, 0.4) is 0 Å². The van der Waals surface area contributed by atoms with E-state index in [9.17, 15) is 0 Å². The minimum absolute atomic E-state index is 0. The summed E-state index contributed by atoms with van der Waals surface area (Å²) in [6, 6.07) is 15.3. The van der Waals surface area contributed by atoms with E-state index in [1.807, 2.05) is 55.5 Å². The zero-order chi connectivity index (χ0) is 18.1. The molecular formula is C19H25ClIN3O2. The Bertz CT molecular complexity index is 713. The molecule has 142 valence electrons. The van der Waals surface area contributed by atoms with Crippen LogP contribution in [0, 0.1) is 0 Å². The van der Waals surface area contributed by atoms with Gasteiger partial charge < -0.3 is 20.1 Å². The zero-order valence-corrected chi connectivity index (χ0v) is 18.2. The number of nitrogens with one attached hydrogen (secondary N) is 2. The summed E-state index contributed by atoms with van der Waals surface area (Å²) >= 11 is 6.00. The van der Waals surface area contributed by atoms with E-state index in [1.54, 1.807) is 14.2 Å². The van der Waals surface area contributed by atoms with E-state index < -0.39 is 0 Å². The Kier molecular flexibility index (Phi) is 10.2. The topological polar surface area (TPSA) is 54.9 Å². The fourth-order valence-corrected chi connectivity index (χ4v) is 2.48. The second-order valence-electron chi connectivity index (χ2n) is 5.52. The lowest BCUT2D eigenvalue weighted by Crippen LogP contribution is -2.41. The van der Waals surface area contributed by atoms with Gasteiger partial charge in [0.15, 0.2) is 17.5 Å². The molecular weight excluding hydrogens is 465 g/mol. The third-order valence-electron chi connectivity index (χ3n) is 3.53. The minimum Gasteiger partial charge on any atom is -0.493 e. The number of ether oxygens (including phenoxy) is 2. The Labute approximate surface area is 177 Å². The van der Waals surface area contributed by atoms with Gasteiger partial charge in [0.1, 0.15) is 6.10 Å². The molecule has 7 heteroatoms. The van der Waals surface area contributed by atoms with Crippen molar-refractivity contribution in [3.8, 4) is 11.5 Å². The van der Waals surface area contributed by atoms with Crippen molar-refractivity contribution in [1.29, 1.82) is 0 Å². The predicted octanol–water partition coefficient (Wildman–Crippen LogP) is 4.10. The Balaban J connectivity index is 0.00000338. The summed E-state index contributed by atoms with van der Waals surface area (Å²) in [6.45, 7) is 3.24. The summed E-state index contributed by atoms with van der Waals surface area (Å²) < 4.78 is 11.2. The number of aliphatic imine (C=N–C) groups is 1. The maximum atomic E-state index is 6.00. The third kappa shape index (κ3) is 7.29. The van der Waals surface area contributed by atoms with Crippen molar-refractivity contribution in [1.82, 2.24) is 10.6 Å². The maximum absolute atomic E-state index is 6.00. The lowest BCUT2D eigenvalue weighted by atomic mass is 10.2. The number of methoxy groups -OCH3 is 1. The van der Waals surface area contributed by atoms with E-state index in [0.29, 0.717) is 19.0 Å². The van der Waals surface area contributed by atoms with Gasteiger partial charge in [-0.15, -0.1) is 24.0 Å². The van der Waals surface area contributed by atoms with Gasteiger partial charge in [0.05, 0.1) is 13.7 Å². The molecule has 0 saturated carbocycles. The van der Waals surface area contributed by atoms with Crippen molar-refractivity contribution < 1.29 is 9.47 Å². The van der Waals surface area contributed by atoms with Gasteiger partial charge in [0.25, 0.3) is 0 Å². The maximum Gasteiger partial charge on any atom is 0.191 e. The second kappa shape index (κ2) is 11.9. The van der Waals surface area contributed by atoms with Gasteiger partial charge in [-0.2, -0.15) is 0 Å². The van der Waals surface area contributed by atoms with E-state index in [2.05, 4.69) is 15.6 Å². The van der Waals surface area contributed by atoms with Crippen molar-refractivity contribution in [2.24, 2.45) is 4.99 Å². The highest BCUT2D eigenvalue weighted by Crippen LogP contribution is 2.26. The molecule has 0 aliphatic heterocycles. The summed E-state index contributed by atoms with van der Waals surface area (Å²) in [7, 11) is 3.37. The van der Waals surface area contributed by atoms with E-state index in [-0.39, 0.29) is 30.1 Å². The highest BCUT2D eigenvalue weighted by Gasteiger charge is 2.09. The van der Waals surface area contributed by atoms with Crippen molar-refractivity contribution in [3.05, 3.63) is 59.1 Å². The van der Waals surface area contributed by atoms with Crippen LogP contribution in [0.4, 0.5) is 0 Å². The van der Waals surface area contributed by atoms with Crippen LogP contribution in [0.1, 0.15) is 12.5 Å². The number of para-hydroxylation sites is 2. The smallest absolute Gasteiger partial charge is 0.191 e. The Morgan fingerprint density at radius 1 is 1.12 bits per heavy atom. The normalized spacial score (nSPS) is 11.9. The fraction of sp³-hybridized carbons (Fsp3) is 0.316. The minimum atomic E-state index is -0.0546. The molecule has 2 aromatic rings. The predicted molar refractivity (Wildman–Crippen MR) is 118 cm³/mol. The van der Waals surface area contributed by atoms with Crippen molar-refractivity contribution in [2.75, 3.05) is 20.7 Å².